The van der Waals surface area contributed by atoms with Gasteiger partial charge in [-0.3, -0.25) is 0 Å². The summed E-state index contributed by atoms with van der Waals surface area (Å²) < 4.78 is 23.2. The quantitative estimate of drug-likeness (QED) is 0.281. The topological polar surface area (TPSA) is 97.8 Å². The van der Waals surface area contributed by atoms with Gasteiger partial charge in [-0.05, 0) is 13.0 Å². The van der Waals surface area contributed by atoms with Crippen molar-refractivity contribution in [2.45, 2.75) is 6.92 Å². The van der Waals surface area contributed by atoms with E-state index < -0.39 is 22.7 Å². The van der Waals surface area contributed by atoms with Crippen molar-refractivity contribution in [2.75, 3.05) is 6.61 Å². The van der Waals surface area contributed by atoms with Crippen molar-refractivity contribution in [3.8, 4) is 0 Å². The van der Waals surface area contributed by atoms with E-state index in [1.54, 1.807) is 6.92 Å². The molecule has 0 saturated heterocycles. The van der Waals surface area contributed by atoms with Gasteiger partial charge in [0.25, 0.3) is 0 Å². The maximum atomic E-state index is 13.6. The molecule has 0 radical (unpaired) electrons. The van der Waals surface area contributed by atoms with Crippen LogP contribution in [-0.4, -0.2) is 34.0 Å². The summed E-state index contributed by atoms with van der Waals surface area (Å²) in [5, 5.41) is 13.0. The largest absolute Gasteiger partial charge is 0.506 e. The van der Waals surface area contributed by atoms with Crippen LogP contribution in [0.4, 0.5) is 10.3 Å². The van der Waals surface area contributed by atoms with Gasteiger partial charge in [0.2, 0.25) is 5.88 Å². The summed E-state index contributed by atoms with van der Waals surface area (Å²) in [4.78, 5) is 19.4. The van der Waals surface area contributed by atoms with Crippen molar-refractivity contribution in [3.63, 3.8) is 0 Å². The molecule has 10 heteroatoms. The summed E-state index contributed by atoms with van der Waals surface area (Å²) in [6, 6.07) is 2.27. The number of nitrogens with zero attached hydrogens (tertiary/aromatic N) is 3. The highest BCUT2D eigenvalue weighted by Gasteiger charge is 2.20. The fourth-order valence-electron chi connectivity index (χ4n) is 1.58. The van der Waals surface area contributed by atoms with Gasteiger partial charge >= 0.3 is 5.97 Å². The van der Waals surface area contributed by atoms with Crippen LogP contribution < -0.4 is 0 Å². The molecule has 0 bridgehead atoms. The number of aliphatic hydroxyl groups excluding tert-OH is 1. The van der Waals surface area contributed by atoms with Crippen LogP contribution >= 0.6 is 23.2 Å². The SMILES string of the molecule is CCOC(=O)C(/C=N/c1ccno1)=C(\O)c1cc(F)c(Cl)nc1Cl. The van der Waals surface area contributed by atoms with E-state index in [0.29, 0.717) is 0 Å². The molecule has 7 nitrogen and oxygen atoms in total. The van der Waals surface area contributed by atoms with Gasteiger partial charge in [-0.15, -0.1) is 0 Å². The molecule has 0 aliphatic carbocycles. The fourth-order valence-corrected chi connectivity index (χ4v) is 1.99. The van der Waals surface area contributed by atoms with E-state index in [-0.39, 0.29) is 28.8 Å². The lowest BCUT2D eigenvalue weighted by Crippen LogP contribution is -2.11. The Bertz CT molecular complexity index is 807. The lowest BCUT2D eigenvalue weighted by Gasteiger charge is -2.08. The second-order valence-corrected chi connectivity index (χ2v) is 4.91. The molecule has 24 heavy (non-hydrogen) atoms. The summed E-state index contributed by atoms with van der Waals surface area (Å²) in [5.41, 5.74) is -0.621. The van der Waals surface area contributed by atoms with Crippen LogP contribution in [0.2, 0.25) is 10.3 Å². The minimum atomic E-state index is -0.919. The van der Waals surface area contributed by atoms with Crippen molar-refractivity contribution in [1.82, 2.24) is 10.1 Å². The number of aliphatic imine (C=N–C) groups is 1. The number of rotatable bonds is 5. The van der Waals surface area contributed by atoms with E-state index in [1.807, 2.05) is 0 Å². The van der Waals surface area contributed by atoms with E-state index in [1.165, 1.54) is 12.3 Å². The summed E-state index contributed by atoms with van der Waals surface area (Å²) in [5.74, 6) is -2.41. The molecule has 0 atom stereocenters. The molecular weight excluding hydrogens is 364 g/mol. The van der Waals surface area contributed by atoms with Crippen molar-refractivity contribution >= 4 is 47.0 Å². The minimum Gasteiger partial charge on any atom is -0.506 e. The normalized spacial score (nSPS) is 12.3. The predicted molar refractivity (Wildman–Crippen MR) is 85.1 cm³/mol. The predicted octanol–water partition coefficient (Wildman–Crippen LogP) is 3.75. The van der Waals surface area contributed by atoms with Gasteiger partial charge < -0.3 is 14.4 Å². The summed E-state index contributed by atoms with van der Waals surface area (Å²) in [6.07, 6.45) is 2.33. The Labute approximate surface area is 145 Å². The molecular formula is C14H10Cl2FN3O4. The monoisotopic (exact) mass is 373 g/mol. The number of aliphatic hydroxyl groups is 1. The van der Waals surface area contributed by atoms with Gasteiger partial charge in [0.05, 0.1) is 18.4 Å². The van der Waals surface area contributed by atoms with Gasteiger partial charge in [-0.2, -0.15) is 0 Å². The van der Waals surface area contributed by atoms with Gasteiger partial charge in [-0.1, -0.05) is 28.4 Å². The molecule has 1 N–H and O–H groups in total. The first-order chi connectivity index (χ1) is 11.4. The molecule has 0 spiro atoms. The number of carbonyl (C=O) groups excluding carboxylic acids is 1. The van der Waals surface area contributed by atoms with Crippen LogP contribution in [0, 0.1) is 5.82 Å². The first-order valence-corrected chi connectivity index (χ1v) is 7.26. The van der Waals surface area contributed by atoms with Crippen molar-refractivity contribution in [3.05, 3.63) is 45.6 Å². The molecule has 2 heterocycles. The highest BCUT2D eigenvalue weighted by molar-refractivity contribution is 6.34. The Kier molecular flexibility index (Phi) is 5.88. The van der Waals surface area contributed by atoms with Gasteiger partial charge in [0.15, 0.2) is 11.0 Å². The summed E-state index contributed by atoms with van der Waals surface area (Å²) >= 11 is 11.3. The van der Waals surface area contributed by atoms with Crippen molar-refractivity contribution in [1.29, 1.82) is 0 Å². The van der Waals surface area contributed by atoms with Crippen molar-refractivity contribution < 1.29 is 23.6 Å². The van der Waals surface area contributed by atoms with Crippen LogP contribution in [0.25, 0.3) is 5.76 Å². The standard InChI is InChI=1S/C14H10Cl2FN3O4/c1-2-23-14(22)8(6-18-10-3-4-19-24-10)11(21)7-5-9(17)13(16)20-12(7)15/h3-6,21H,2H2,1H3/b11-8-,18-6+. The van der Waals surface area contributed by atoms with E-state index in [9.17, 15) is 14.3 Å². The maximum Gasteiger partial charge on any atom is 0.343 e. The van der Waals surface area contributed by atoms with E-state index >= 15 is 0 Å². The van der Waals surface area contributed by atoms with E-state index in [2.05, 4.69) is 15.1 Å². The number of carbonyl (C=O) groups is 1. The highest BCUT2D eigenvalue weighted by atomic mass is 35.5. The lowest BCUT2D eigenvalue weighted by molar-refractivity contribution is -0.137. The zero-order valence-electron chi connectivity index (χ0n) is 12.2. The molecule has 0 saturated carbocycles. The molecule has 2 rings (SSSR count). The molecule has 126 valence electrons. The summed E-state index contributed by atoms with van der Waals surface area (Å²) in [6.45, 7) is 1.63. The molecule has 0 unspecified atom stereocenters. The molecule has 0 amide bonds. The van der Waals surface area contributed by atoms with Gasteiger partial charge in [-0.25, -0.2) is 19.2 Å². The van der Waals surface area contributed by atoms with Crippen LogP contribution in [0.1, 0.15) is 12.5 Å². The minimum absolute atomic E-state index is 0.0483. The Balaban J connectivity index is 2.53. The smallest absolute Gasteiger partial charge is 0.343 e. The first-order valence-electron chi connectivity index (χ1n) is 6.51. The number of hydrogen-bond acceptors (Lipinski definition) is 7. The van der Waals surface area contributed by atoms with E-state index in [4.69, 9.17) is 32.5 Å². The van der Waals surface area contributed by atoms with Crippen LogP contribution in [0.5, 0.6) is 0 Å². The van der Waals surface area contributed by atoms with Crippen molar-refractivity contribution in [2.24, 2.45) is 4.99 Å². The average Bonchev–Trinajstić information content (AvgIpc) is 3.04. The van der Waals surface area contributed by atoms with Crippen LogP contribution in [0.3, 0.4) is 0 Å². The number of pyridine rings is 1. The molecule has 0 aliphatic rings. The third kappa shape index (κ3) is 4.09. The first kappa shape index (κ1) is 17.9. The lowest BCUT2D eigenvalue weighted by atomic mass is 10.1. The van der Waals surface area contributed by atoms with Crippen LogP contribution in [0.15, 0.2) is 33.4 Å². The number of hydrogen-bond donors (Lipinski definition) is 1. The molecule has 0 fully saturated rings. The number of halogens is 3. The third-order valence-corrected chi connectivity index (χ3v) is 3.19. The van der Waals surface area contributed by atoms with Crippen LogP contribution in [-0.2, 0) is 9.53 Å². The fraction of sp³-hybridized carbons (Fsp3) is 0.143. The molecule has 2 aromatic rings. The average molecular weight is 374 g/mol. The molecule has 0 aromatic carbocycles. The Morgan fingerprint density at radius 1 is 1.50 bits per heavy atom. The van der Waals surface area contributed by atoms with E-state index in [0.717, 1.165) is 12.3 Å². The second kappa shape index (κ2) is 7.89. The zero-order chi connectivity index (χ0) is 17.7. The maximum absolute atomic E-state index is 13.6. The number of aromatic nitrogens is 2. The number of esters is 1. The molecule has 2 aromatic heterocycles. The zero-order valence-corrected chi connectivity index (χ0v) is 13.7. The number of ether oxygens (including phenoxy) is 1. The Morgan fingerprint density at radius 2 is 2.25 bits per heavy atom. The highest BCUT2D eigenvalue weighted by Crippen LogP contribution is 2.27. The Hall–Kier alpha value is -2.45. The second-order valence-electron chi connectivity index (χ2n) is 4.19. The third-order valence-electron chi connectivity index (χ3n) is 2.64. The van der Waals surface area contributed by atoms with Gasteiger partial charge in [0, 0.05) is 12.3 Å². The molecule has 0 aliphatic heterocycles. The summed E-state index contributed by atoms with van der Waals surface area (Å²) in [7, 11) is 0. The Morgan fingerprint density at radius 3 is 2.88 bits per heavy atom. The van der Waals surface area contributed by atoms with Gasteiger partial charge in [0.1, 0.15) is 16.5 Å².